The molecule has 6 nitrogen and oxygen atoms in total. The Morgan fingerprint density at radius 2 is 2.30 bits per heavy atom. The third kappa shape index (κ3) is 2.81. The van der Waals surface area contributed by atoms with E-state index in [2.05, 4.69) is 33.7 Å². The predicted molar refractivity (Wildman–Crippen MR) is 87.5 cm³/mol. The van der Waals surface area contributed by atoms with E-state index in [1.165, 1.54) is 0 Å². The third-order valence-electron chi connectivity index (χ3n) is 4.69. The van der Waals surface area contributed by atoms with Crippen molar-refractivity contribution in [2.75, 3.05) is 0 Å². The topological polar surface area (TPSA) is 79.8 Å². The minimum absolute atomic E-state index is 0.148. The number of carbonyl (C=O) groups is 1. The lowest BCUT2D eigenvalue weighted by Gasteiger charge is -2.13. The summed E-state index contributed by atoms with van der Waals surface area (Å²) in [5.74, 6) is 0.761. The lowest BCUT2D eigenvalue weighted by Crippen LogP contribution is -2.32. The first-order chi connectivity index (χ1) is 11.0. The molecule has 0 saturated heterocycles. The Morgan fingerprint density at radius 3 is 3.00 bits per heavy atom. The van der Waals surface area contributed by atoms with Gasteiger partial charge in [0.1, 0.15) is 11.4 Å². The van der Waals surface area contributed by atoms with Crippen molar-refractivity contribution >= 4 is 5.91 Å². The monoisotopic (exact) mass is 314 g/mol. The highest BCUT2D eigenvalue weighted by molar-refractivity contribution is 5.94. The second-order valence-electron chi connectivity index (χ2n) is 6.27. The van der Waals surface area contributed by atoms with E-state index in [1.807, 2.05) is 19.2 Å². The van der Waals surface area contributed by atoms with E-state index < -0.39 is 0 Å². The Kier molecular flexibility index (Phi) is 4.07. The molecule has 2 N–H and O–H groups in total. The van der Waals surface area contributed by atoms with Gasteiger partial charge in [-0.3, -0.25) is 9.59 Å². The summed E-state index contributed by atoms with van der Waals surface area (Å²) in [6.45, 7) is 6.20. The normalized spacial score (nSPS) is 21.0. The standard InChI is InChI=1S/C17H22N4O2/c1-4-10(2)13-6-5-12(16(22)19-13)17(23)20-14-9-11(3)21-8-7-18-15(14)21/h5-8,10-11,14H,4,9H2,1-3H3,(H,19,22)(H,20,23). The van der Waals surface area contributed by atoms with E-state index in [1.54, 1.807) is 12.3 Å². The summed E-state index contributed by atoms with van der Waals surface area (Å²) in [7, 11) is 0. The number of nitrogens with one attached hydrogen (secondary N) is 2. The van der Waals surface area contributed by atoms with Crippen LogP contribution < -0.4 is 10.9 Å². The van der Waals surface area contributed by atoms with Gasteiger partial charge in [-0.05, 0) is 37.8 Å². The molecule has 1 aliphatic heterocycles. The molecule has 2 aromatic heterocycles. The van der Waals surface area contributed by atoms with Gasteiger partial charge < -0.3 is 14.9 Å². The number of aromatic amines is 1. The number of nitrogens with zero attached hydrogens (tertiary/aromatic N) is 2. The molecular formula is C17H22N4O2. The van der Waals surface area contributed by atoms with Crippen LogP contribution in [0.25, 0.3) is 0 Å². The Balaban J connectivity index is 1.79. The number of rotatable bonds is 4. The molecule has 3 atom stereocenters. The second kappa shape index (κ2) is 6.02. The Morgan fingerprint density at radius 1 is 1.52 bits per heavy atom. The smallest absolute Gasteiger partial charge is 0.261 e. The molecule has 3 heterocycles. The van der Waals surface area contributed by atoms with E-state index in [4.69, 9.17) is 0 Å². The van der Waals surface area contributed by atoms with Crippen LogP contribution in [0, 0.1) is 0 Å². The van der Waals surface area contributed by atoms with E-state index in [0.29, 0.717) is 6.04 Å². The Bertz CT molecular complexity index is 777. The van der Waals surface area contributed by atoms with Crippen LogP contribution in [-0.4, -0.2) is 20.4 Å². The van der Waals surface area contributed by atoms with Gasteiger partial charge in [0.05, 0.1) is 6.04 Å². The number of carbonyl (C=O) groups excluding carboxylic acids is 1. The molecule has 2 aromatic rings. The van der Waals surface area contributed by atoms with Crippen molar-refractivity contribution in [2.45, 2.75) is 51.6 Å². The van der Waals surface area contributed by atoms with Crippen LogP contribution in [0.1, 0.15) is 73.5 Å². The van der Waals surface area contributed by atoms with Crippen LogP contribution in [0.15, 0.2) is 29.3 Å². The van der Waals surface area contributed by atoms with Gasteiger partial charge >= 0.3 is 0 Å². The van der Waals surface area contributed by atoms with Gasteiger partial charge in [-0.25, -0.2) is 4.98 Å². The highest BCUT2D eigenvalue weighted by atomic mass is 16.2. The molecule has 0 bridgehead atoms. The van der Waals surface area contributed by atoms with E-state index in [9.17, 15) is 9.59 Å². The van der Waals surface area contributed by atoms with Crippen molar-refractivity contribution in [3.05, 3.63) is 52.0 Å². The third-order valence-corrected chi connectivity index (χ3v) is 4.69. The van der Waals surface area contributed by atoms with Gasteiger partial charge in [0.2, 0.25) is 0 Å². The lowest BCUT2D eigenvalue weighted by atomic mass is 10.0. The van der Waals surface area contributed by atoms with Crippen LogP contribution in [-0.2, 0) is 0 Å². The minimum Gasteiger partial charge on any atom is -0.342 e. The average Bonchev–Trinajstić information content (AvgIpc) is 3.12. The van der Waals surface area contributed by atoms with Gasteiger partial charge in [0.15, 0.2) is 0 Å². The first kappa shape index (κ1) is 15.5. The molecule has 122 valence electrons. The first-order valence-electron chi connectivity index (χ1n) is 8.08. The Hall–Kier alpha value is -2.37. The maximum Gasteiger partial charge on any atom is 0.261 e. The molecule has 0 saturated carbocycles. The summed E-state index contributed by atoms with van der Waals surface area (Å²) in [4.78, 5) is 31.8. The van der Waals surface area contributed by atoms with E-state index in [-0.39, 0.29) is 29.0 Å². The molecule has 3 rings (SSSR count). The molecule has 3 unspecified atom stereocenters. The molecule has 0 fully saturated rings. The molecule has 0 radical (unpaired) electrons. The highest BCUT2D eigenvalue weighted by Gasteiger charge is 2.30. The van der Waals surface area contributed by atoms with Crippen LogP contribution >= 0.6 is 0 Å². The maximum atomic E-state index is 12.4. The van der Waals surface area contributed by atoms with Crippen LogP contribution in [0.5, 0.6) is 0 Å². The molecule has 0 aliphatic carbocycles. The van der Waals surface area contributed by atoms with Gasteiger partial charge in [0, 0.05) is 24.1 Å². The van der Waals surface area contributed by atoms with Gasteiger partial charge in [-0.15, -0.1) is 0 Å². The summed E-state index contributed by atoms with van der Waals surface area (Å²) in [6, 6.07) is 3.58. The van der Waals surface area contributed by atoms with Gasteiger partial charge in [-0.2, -0.15) is 0 Å². The van der Waals surface area contributed by atoms with Crippen LogP contribution in [0.2, 0.25) is 0 Å². The van der Waals surface area contributed by atoms with Crippen LogP contribution in [0.3, 0.4) is 0 Å². The largest absolute Gasteiger partial charge is 0.342 e. The van der Waals surface area contributed by atoms with Gasteiger partial charge in [-0.1, -0.05) is 13.8 Å². The number of hydrogen-bond donors (Lipinski definition) is 2. The number of imidazole rings is 1. The van der Waals surface area contributed by atoms with Crippen LogP contribution in [0.4, 0.5) is 0 Å². The van der Waals surface area contributed by atoms with E-state index >= 15 is 0 Å². The molecule has 0 aromatic carbocycles. The van der Waals surface area contributed by atoms with Crippen molar-refractivity contribution < 1.29 is 4.79 Å². The molecule has 6 heteroatoms. The second-order valence-corrected chi connectivity index (χ2v) is 6.27. The maximum absolute atomic E-state index is 12.4. The number of amides is 1. The first-order valence-corrected chi connectivity index (χ1v) is 8.08. The number of H-pyrrole nitrogens is 1. The summed E-state index contributed by atoms with van der Waals surface area (Å²) in [5.41, 5.74) is 0.670. The summed E-state index contributed by atoms with van der Waals surface area (Å²) in [5, 5.41) is 2.93. The molecule has 0 spiro atoms. The fraction of sp³-hybridized carbons (Fsp3) is 0.471. The zero-order valence-corrected chi connectivity index (χ0v) is 13.7. The van der Waals surface area contributed by atoms with Crippen molar-refractivity contribution in [2.24, 2.45) is 0 Å². The fourth-order valence-electron chi connectivity index (χ4n) is 3.06. The summed E-state index contributed by atoms with van der Waals surface area (Å²) < 4.78 is 2.06. The quantitative estimate of drug-likeness (QED) is 0.910. The zero-order valence-electron chi connectivity index (χ0n) is 13.7. The highest BCUT2D eigenvalue weighted by Crippen LogP contribution is 2.32. The average molecular weight is 314 g/mol. The van der Waals surface area contributed by atoms with E-state index in [0.717, 1.165) is 24.4 Å². The summed E-state index contributed by atoms with van der Waals surface area (Å²) >= 11 is 0. The van der Waals surface area contributed by atoms with Crippen molar-refractivity contribution in [3.63, 3.8) is 0 Å². The van der Waals surface area contributed by atoms with Crippen molar-refractivity contribution in [1.82, 2.24) is 19.9 Å². The molecule has 1 aliphatic rings. The van der Waals surface area contributed by atoms with Crippen molar-refractivity contribution in [1.29, 1.82) is 0 Å². The molecule has 23 heavy (non-hydrogen) atoms. The number of pyridine rings is 1. The number of hydrogen-bond acceptors (Lipinski definition) is 3. The van der Waals surface area contributed by atoms with Gasteiger partial charge in [0.25, 0.3) is 11.5 Å². The minimum atomic E-state index is -0.351. The Labute approximate surface area is 134 Å². The SMILES string of the molecule is CCC(C)c1ccc(C(=O)NC2CC(C)n3ccnc32)c(=O)[nH]1. The zero-order chi connectivity index (χ0) is 16.6. The molecular weight excluding hydrogens is 292 g/mol. The molecule has 1 amide bonds. The number of aromatic nitrogens is 3. The predicted octanol–water partition coefficient (Wildman–Crippen LogP) is 2.52. The summed E-state index contributed by atoms with van der Waals surface area (Å²) in [6.07, 6.45) is 5.37. The van der Waals surface area contributed by atoms with Crippen molar-refractivity contribution in [3.8, 4) is 0 Å². The number of fused-ring (bicyclic) bond motifs is 1. The lowest BCUT2D eigenvalue weighted by molar-refractivity contribution is 0.0933. The fourth-order valence-corrected chi connectivity index (χ4v) is 3.06.